The Morgan fingerprint density at radius 3 is 2.27 bits per heavy atom. The molecule has 5 heteroatoms. The van der Waals surface area contributed by atoms with Crippen LogP contribution in [0.1, 0.15) is 22.7 Å². The molecule has 1 unspecified atom stereocenters. The molecule has 0 fully saturated rings. The smallest absolute Gasteiger partial charge is 0.258 e. The molecule has 0 radical (unpaired) electrons. The van der Waals surface area contributed by atoms with Crippen molar-refractivity contribution >= 4 is 5.91 Å². The van der Waals surface area contributed by atoms with Crippen LogP contribution in [0.2, 0.25) is 0 Å². The van der Waals surface area contributed by atoms with Gasteiger partial charge in [-0.3, -0.25) is 4.79 Å². The second kappa shape index (κ2) is 9.25. The first-order valence-corrected chi connectivity index (χ1v) is 8.68. The van der Waals surface area contributed by atoms with Gasteiger partial charge in [-0.2, -0.15) is 0 Å². The maximum Gasteiger partial charge on any atom is 0.258 e. The molecular formula is C21H28N2O3. The van der Waals surface area contributed by atoms with Crippen molar-refractivity contribution in [1.82, 2.24) is 10.2 Å². The highest BCUT2D eigenvalue weighted by atomic mass is 16.5. The number of methoxy groups -OCH3 is 1. The van der Waals surface area contributed by atoms with Crippen molar-refractivity contribution in [2.24, 2.45) is 0 Å². The van der Waals surface area contributed by atoms with Crippen molar-refractivity contribution < 1.29 is 14.3 Å². The molecule has 0 aliphatic rings. The van der Waals surface area contributed by atoms with Gasteiger partial charge in [-0.25, -0.2) is 0 Å². The minimum Gasteiger partial charge on any atom is -0.497 e. The number of rotatable bonds is 8. The molecule has 140 valence electrons. The summed E-state index contributed by atoms with van der Waals surface area (Å²) in [4.78, 5) is 14.2. The number of hydrogen-bond donors (Lipinski definition) is 1. The molecule has 1 N–H and O–H groups in total. The largest absolute Gasteiger partial charge is 0.497 e. The third-order valence-electron chi connectivity index (χ3n) is 4.46. The van der Waals surface area contributed by atoms with Gasteiger partial charge < -0.3 is 19.7 Å². The van der Waals surface area contributed by atoms with E-state index in [0.717, 1.165) is 16.9 Å². The summed E-state index contributed by atoms with van der Waals surface area (Å²) in [5.74, 6) is 1.39. The second-order valence-electron chi connectivity index (χ2n) is 6.59. The van der Waals surface area contributed by atoms with Gasteiger partial charge in [-0.05, 0) is 68.9 Å². The number of benzene rings is 2. The van der Waals surface area contributed by atoms with E-state index in [4.69, 9.17) is 9.47 Å². The minimum atomic E-state index is -0.136. The Morgan fingerprint density at radius 1 is 1.04 bits per heavy atom. The van der Waals surface area contributed by atoms with Gasteiger partial charge in [0.05, 0.1) is 13.2 Å². The third-order valence-corrected chi connectivity index (χ3v) is 4.46. The number of amides is 1. The van der Waals surface area contributed by atoms with Gasteiger partial charge in [-0.15, -0.1) is 0 Å². The first kappa shape index (κ1) is 19.8. The summed E-state index contributed by atoms with van der Waals surface area (Å²) in [6, 6.07) is 13.8. The lowest BCUT2D eigenvalue weighted by Crippen LogP contribution is -2.36. The van der Waals surface area contributed by atoms with Crippen LogP contribution >= 0.6 is 0 Å². The van der Waals surface area contributed by atoms with Crippen LogP contribution in [0.15, 0.2) is 42.5 Å². The Bertz CT molecular complexity index is 727. The van der Waals surface area contributed by atoms with Crippen molar-refractivity contribution in [1.29, 1.82) is 0 Å². The van der Waals surface area contributed by atoms with E-state index in [1.807, 2.05) is 70.4 Å². The van der Waals surface area contributed by atoms with Crippen molar-refractivity contribution in [3.63, 3.8) is 0 Å². The Labute approximate surface area is 155 Å². The molecule has 2 rings (SSSR count). The van der Waals surface area contributed by atoms with E-state index in [9.17, 15) is 4.79 Å². The fraction of sp³-hybridized carbons (Fsp3) is 0.381. The predicted molar refractivity (Wildman–Crippen MR) is 104 cm³/mol. The number of aryl methyl sites for hydroxylation is 2. The highest BCUT2D eigenvalue weighted by Crippen LogP contribution is 2.21. The van der Waals surface area contributed by atoms with Crippen LogP contribution in [0, 0.1) is 13.8 Å². The van der Waals surface area contributed by atoms with E-state index in [2.05, 4.69) is 10.2 Å². The number of likely N-dealkylation sites (N-methyl/N-ethyl adjacent to an activating group) is 1. The first-order valence-electron chi connectivity index (χ1n) is 8.68. The molecule has 0 aromatic heterocycles. The summed E-state index contributed by atoms with van der Waals surface area (Å²) >= 11 is 0. The van der Waals surface area contributed by atoms with E-state index in [1.165, 1.54) is 5.56 Å². The van der Waals surface area contributed by atoms with E-state index >= 15 is 0 Å². The monoisotopic (exact) mass is 356 g/mol. The number of carbonyl (C=O) groups excluding carboxylic acids is 1. The first-order chi connectivity index (χ1) is 12.4. The standard InChI is InChI=1S/C21H28N2O3/c1-15-6-9-19(12-16(15)2)26-14-21(24)22-13-20(23(3)4)17-7-10-18(25-5)11-8-17/h6-12,20H,13-14H2,1-5H3,(H,22,24). The quantitative estimate of drug-likeness (QED) is 0.790. The zero-order chi connectivity index (χ0) is 19.1. The van der Waals surface area contributed by atoms with Crippen molar-refractivity contribution in [2.75, 3.05) is 34.4 Å². The fourth-order valence-electron chi connectivity index (χ4n) is 2.64. The van der Waals surface area contributed by atoms with Gasteiger partial charge in [-0.1, -0.05) is 18.2 Å². The van der Waals surface area contributed by atoms with Gasteiger partial charge in [0.1, 0.15) is 11.5 Å². The fourth-order valence-corrected chi connectivity index (χ4v) is 2.64. The Balaban J connectivity index is 1.89. The highest BCUT2D eigenvalue weighted by molar-refractivity contribution is 5.77. The molecule has 0 spiro atoms. The van der Waals surface area contributed by atoms with Gasteiger partial charge in [0, 0.05) is 6.54 Å². The summed E-state index contributed by atoms with van der Waals surface area (Å²) in [6.45, 7) is 4.59. The lowest BCUT2D eigenvalue weighted by molar-refractivity contribution is -0.123. The number of carbonyl (C=O) groups is 1. The zero-order valence-electron chi connectivity index (χ0n) is 16.2. The van der Waals surface area contributed by atoms with Crippen LogP contribution in [0.5, 0.6) is 11.5 Å². The van der Waals surface area contributed by atoms with Crippen LogP contribution in [0.4, 0.5) is 0 Å². The second-order valence-corrected chi connectivity index (χ2v) is 6.59. The summed E-state index contributed by atoms with van der Waals surface area (Å²) < 4.78 is 10.8. The van der Waals surface area contributed by atoms with Gasteiger partial charge in [0.2, 0.25) is 0 Å². The van der Waals surface area contributed by atoms with E-state index in [0.29, 0.717) is 12.3 Å². The topological polar surface area (TPSA) is 50.8 Å². The molecule has 26 heavy (non-hydrogen) atoms. The normalized spacial score (nSPS) is 11.9. The Morgan fingerprint density at radius 2 is 1.69 bits per heavy atom. The molecule has 0 saturated carbocycles. The van der Waals surface area contributed by atoms with E-state index < -0.39 is 0 Å². The summed E-state index contributed by atoms with van der Waals surface area (Å²) in [5, 5.41) is 2.95. The lowest BCUT2D eigenvalue weighted by Gasteiger charge is -2.25. The average molecular weight is 356 g/mol. The lowest BCUT2D eigenvalue weighted by atomic mass is 10.1. The molecule has 2 aromatic carbocycles. The molecule has 5 nitrogen and oxygen atoms in total. The molecule has 2 aromatic rings. The number of hydrogen-bond acceptors (Lipinski definition) is 4. The molecule has 0 saturated heterocycles. The molecule has 0 heterocycles. The molecule has 1 atom stereocenters. The summed E-state index contributed by atoms with van der Waals surface area (Å²) in [6.07, 6.45) is 0. The summed E-state index contributed by atoms with van der Waals surface area (Å²) in [7, 11) is 5.63. The summed E-state index contributed by atoms with van der Waals surface area (Å²) in [5.41, 5.74) is 3.47. The Hall–Kier alpha value is -2.53. The average Bonchev–Trinajstić information content (AvgIpc) is 2.63. The molecular weight excluding hydrogens is 328 g/mol. The predicted octanol–water partition coefficient (Wildman–Crippen LogP) is 3.11. The van der Waals surface area contributed by atoms with Gasteiger partial charge >= 0.3 is 0 Å². The van der Waals surface area contributed by atoms with E-state index in [-0.39, 0.29) is 18.6 Å². The van der Waals surface area contributed by atoms with Crippen LogP contribution in [-0.2, 0) is 4.79 Å². The highest BCUT2D eigenvalue weighted by Gasteiger charge is 2.15. The number of nitrogens with zero attached hydrogens (tertiary/aromatic N) is 1. The molecule has 0 bridgehead atoms. The van der Waals surface area contributed by atoms with Crippen molar-refractivity contribution in [2.45, 2.75) is 19.9 Å². The third kappa shape index (κ3) is 5.49. The number of nitrogens with one attached hydrogen (secondary N) is 1. The van der Waals surface area contributed by atoms with Crippen LogP contribution in [0.3, 0.4) is 0 Å². The van der Waals surface area contributed by atoms with Crippen molar-refractivity contribution in [3.8, 4) is 11.5 Å². The minimum absolute atomic E-state index is 0.00522. The van der Waals surface area contributed by atoms with Crippen LogP contribution in [-0.4, -0.2) is 45.2 Å². The Kier molecular flexibility index (Phi) is 7.04. The van der Waals surface area contributed by atoms with Crippen LogP contribution in [0.25, 0.3) is 0 Å². The van der Waals surface area contributed by atoms with Gasteiger partial charge in [0.15, 0.2) is 6.61 Å². The molecule has 0 aliphatic carbocycles. The van der Waals surface area contributed by atoms with Crippen LogP contribution < -0.4 is 14.8 Å². The van der Waals surface area contributed by atoms with Crippen molar-refractivity contribution in [3.05, 3.63) is 59.2 Å². The van der Waals surface area contributed by atoms with E-state index in [1.54, 1.807) is 7.11 Å². The number of ether oxygens (including phenoxy) is 2. The van der Waals surface area contributed by atoms with Gasteiger partial charge in [0.25, 0.3) is 5.91 Å². The molecule has 0 aliphatic heterocycles. The SMILES string of the molecule is COc1ccc(C(CNC(=O)COc2ccc(C)c(C)c2)N(C)C)cc1. The maximum atomic E-state index is 12.2. The molecule has 1 amide bonds. The zero-order valence-corrected chi connectivity index (χ0v) is 16.2. The maximum absolute atomic E-state index is 12.2.